The molecule has 0 fully saturated rings. The van der Waals surface area contributed by atoms with Crippen LogP contribution < -0.4 is 11.1 Å². The number of nitrogens with one attached hydrogen (secondary N) is 1. The Hall–Kier alpha value is -1.48. The molecular weight excluding hydrogens is 200 g/mol. The molecule has 0 aromatic heterocycles. The second-order valence-electron chi connectivity index (χ2n) is 2.75. The molecule has 0 heterocycles. The number of para-hydroxylation sites is 1. The third-order valence-corrected chi connectivity index (χ3v) is 1.91. The summed E-state index contributed by atoms with van der Waals surface area (Å²) in [6, 6.07) is 7.16. The summed E-state index contributed by atoms with van der Waals surface area (Å²) in [5, 5.41) is 2.63. The lowest BCUT2D eigenvalue weighted by atomic mass is 10.1. The average Bonchev–Trinajstić information content (AvgIpc) is 2.18. The van der Waals surface area contributed by atoms with Crippen LogP contribution in [0.15, 0.2) is 30.8 Å². The highest BCUT2D eigenvalue weighted by molar-refractivity contribution is 6.29. The van der Waals surface area contributed by atoms with Crippen LogP contribution >= 0.6 is 11.6 Å². The fourth-order valence-electron chi connectivity index (χ4n) is 1.06. The molecule has 4 heteroatoms. The lowest BCUT2D eigenvalue weighted by Gasteiger charge is -2.09. The predicted molar refractivity (Wildman–Crippen MR) is 59.0 cm³/mol. The number of alkyl halides is 1. The third-order valence-electron chi connectivity index (χ3n) is 1.67. The Labute approximate surface area is 87.6 Å². The second-order valence-corrected chi connectivity index (χ2v) is 3.02. The summed E-state index contributed by atoms with van der Waals surface area (Å²) in [7, 11) is 0. The molecule has 14 heavy (non-hydrogen) atoms. The van der Waals surface area contributed by atoms with E-state index in [-0.39, 0.29) is 11.8 Å². The van der Waals surface area contributed by atoms with Crippen LogP contribution in [0.2, 0.25) is 0 Å². The maximum Gasteiger partial charge on any atom is 0.239 e. The first-order valence-electron chi connectivity index (χ1n) is 4.04. The molecule has 0 saturated heterocycles. The molecule has 1 aromatic rings. The summed E-state index contributed by atoms with van der Waals surface area (Å²) < 4.78 is 0. The van der Waals surface area contributed by atoms with Gasteiger partial charge in [-0.2, -0.15) is 0 Å². The Morgan fingerprint density at radius 1 is 1.50 bits per heavy atom. The van der Waals surface area contributed by atoms with Crippen molar-refractivity contribution in [3.05, 3.63) is 36.4 Å². The Balaban J connectivity index is 2.95. The fraction of sp³-hybridized carbons (Fsp3) is 0.100. The van der Waals surface area contributed by atoms with Crippen LogP contribution in [0.4, 0.5) is 5.69 Å². The van der Waals surface area contributed by atoms with E-state index in [0.717, 1.165) is 0 Å². The van der Waals surface area contributed by atoms with Gasteiger partial charge in [0.1, 0.15) is 5.88 Å². The molecule has 0 radical (unpaired) electrons. The van der Waals surface area contributed by atoms with E-state index in [1.807, 2.05) is 6.07 Å². The molecule has 74 valence electrons. The number of nitrogens with two attached hydrogens (primary N) is 1. The first kappa shape index (κ1) is 10.6. The molecule has 3 nitrogen and oxygen atoms in total. The highest BCUT2D eigenvalue weighted by Gasteiger charge is 2.05. The van der Waals surface area contributed by atoms with Crippen molar-refractivity contribution < 1.29 is 4.79 Å². The predicted octanol–water partition coefficient (Wildman–Crippen LogP) is 1.79. The summed E-state index contributed by atoms with van der Waals surface area (Å²) in [4.78, 5) is 11.0. The van der Waals surface area contributed by atoms with E-state index in [1.165, 1.54) is 0 Å². The molecule has 1 amide bonds. The van der Waals surface area contributed by atoms with Crippen molar-refractivity contribution >= 4 is 28.9 Å². The van der Waals surface area contributed by atoms with Gasteiger partial charge >= 0.3 is 0 Å². The van der Waals surface area contributed by atoms with Crippen LogP contribution in [0.5, 0.6) is 0 Å². The zero-order valence-corrected chi connectivity index (χ0v) is 8.34. The molecular formula is C10H11ClN2O. The lowest BCUT2D eigenvalue weighted by Crippen LogP contribution is -2.14. The maximum absolute atomic E-state index is 11.0. The summed E-state index contributed by atoms with van der Waals surface area (Å²) in [6.45, 7) is 3.61. The molecule has 0 saturated carbocycles. The number of amides is 1. The minimum absolute atomic E-state index is 0.0780. The molecule has 3 N–H and O–H groups in total. The monoisotopic (exact) mass is 210 g/mol. The molecule has 0 aliphatic heterocycles. The standard InChI is InChI=1S/C10H11ClN2O/c1-7(12)8-4-2-3-5-9(8)13-10(14)6-11/h2-5H,1,6,12H2,(H,13,14). The zero-order valence-electron chi connectivity index (χ0n) is 7.59. The van der Waals surface area contributed by atoms with Gasteiger partial charge < -0.3 is 11.1 Å². The van der Waals surface area contributed by atoms with Crippen LogP contribution in [-0.4, -0.2) is 11.8 Å². The molecule has 1 rings (SSSR count). The van der Waals surface area contributed by atoms with Crippen LogP contribution in [0.25, 0.3) is 5.70 Å². The minimum atomic E-state index is -0.264. The highest BCUT2D eigenvalue weighted by Crippen LogP contribution is 2.19. The Bertz CT molecular complexity index is 363. The Morgan fingerprint density at radius 3 is 2.71 bits per heavy atom. The number of rotatable bonds is 3. The number of halogens is 1. The highest BCUT2D eigenvalue weighted by atomic mass is 35.5. The van der Waals surface area contributed by atoms with E-state index in [1.54, 1.807) is 18.2 Å². The van der Waals surface area contributed by atoms with Gasteiger partial charge in [0.2, 0.25) is 5.91 Å². The van der Waals surface area contributed by atoms with Gasteiger partial charge in [-0.25, -0.2) is 0 Å². The van der Waals surface area contributed by atoms with Gasteiger partial charge in [-0.3, -0.25) is 4.79 Å². The first-order chi connectivity index (χ1) is 6.65. The van der Waals surface area contributed by atoms with E-state index < -0.39 is 0 Å². The summed E-state index contributed by atoms with van der Waals surface area (Å²) in [6.07, 6.45) is 0. The van der Waals surface area contributed by atoms with Crippen molar-refractivity contribution in [2.45, 2.75) is 0 Å². The van der Waals surface area contributed by atoms with Crippen LogP contribution in [-0.2, 0) is 4.79 Å². The van der Waals surface area contributed by atoms with Gasteiger partial charge in [0.05, 0.1) is 5.69 Å². The summed E-state index contributed by atoms with van der Waals surface area (Å²) in [5.74, 6) is -0.342. The molecule has 0 spiro atoms. The first-order valence-corrected chi connectivity index (χ1v) is 4.58. The van der Waals surface area contributed by atoms with Crippen molar-refractivity contribution in [3.8, 4) is 0 Å². The number of hydrogen-bond acceptors (Lipinski definition) is 2. The van der Waals surface area contributed by atoms with Crippen molar-refractivity contribution in [3.63, 3.8) is 0 Å². The molecule has 0 aliphatic carbocycles. The third kappa shape index (κ3) is 2.50. The van der Waals surface area contributed by atoms with Crippen LogP contribution in [0.1, 0.15) is 5.56 Å². The molecule has 0 unspecified atom stereocenters. The number of anilines is 1. The van der Waals surface area contributed by atoms with E-state index in [0.29, 0.717) is 16.9 Å². The smallest absolute Gasteiger partial charge is 0.239 e. The van der Waals surface area contributed by atoms with E-state index in [9.17, 15) is 4.79 Å². The van der Waals surface area contributed by atoms with Gasteiger partial charge in [-0.05, 0) is 6.07 Å². The fourth-order valence-corrected chi connectivity index (χ4v) is 1.12. The number of hydrogen-bond donors (Lipinski definition) is 2. The molecule has 0 aliphatic rings. The van der Waals surface area contributed by atoms with Crippen molar-refractivity contribution in [1.29, 1.82) is 0 Å². The van der Waals surface area contributed by atoms with E-state index in [2.05, 4.69) is 11.9 Å². The maximum atomic E-state index is 11.0. The second kappa shape index (κ2) is 4.67. The minimum Gasteiger partial charge on any atom is -0.399 e. The topological polar surface area (TPSA) is 55.1 Å². The van der Waals surface area contributed by atoms with Gasteiger partial charge in [0.15, 0.2) is 0 Å². The van der Waals surface area contributed by atoms with Crippen molar-refractivity contribution in [2.75, 3.05) is 11.2 Å². The SMILES string of the molecule is C=C(N)c1ccccc1NC(=O)CCl. The van der Waals surface area contributed by atoms with Gasteiger partial charge in [0.25, 0.3) is 0 Å². The van der Waals surface area contributed by atoms with Crippen LogP contribution in [0, 0.1) is 0 Å². The van der Waals surface area contributed by atoms with Gasteiger partial charge in [-0.15, -0.1) is 11.6 Å². The average molecular weight is 211 g/mol. The Morgan fingerprint density at radius 2 is 2.14 bits per heavy atom. The molecule has 1 aromatic carbocycles. The van der Waals surface area contributed by atoms with Crippen molar-refractivity contribution in [2.24, 2.45) is 5.73 Å². The largest absolute Gasteiger partial charge is 0.399 e. The zero-order chi connectivity index (χ0) is 10.6. The normalized spacial score (nSPS) is 9.50. The summed E-state index contributed by atoms with van der Waals surface area (Å²) in [5.41, 5.74) is 7.31. The van der Waals surface area contributed by atoms with E-state index >= 15 is 0 Å². The summed E-state index contributed by atoms with van der Waals surface area (Å²) >= 11 is 5.37. The van der Waals surface area contributed by atoms with Gasteiger partial charge in [0, 0.05) is 11.3 Å². The molecule has 0 atom stereocenters. The van der Waals surface area contributed by atoms with Crippen molar-refractivity contribution in [1.82, 2.24) is 0 Å². The quantitative estimate of drug-likeness (QED) is 0.748. The van der Waals surface area contributed by atoms with Gasteiger partial charge in [-0.1, -0.05) is 24.8 Å². The lowest BCUT2D eigenvalue weighted by molar-refractivity contribution is -0.113. The molecule has 0 bridgehead atoms. The number of benzene rings is 1. The number of carbonyl (C=O) groups excluding carboxylic acids is 1. The van der Waals surface area contributed by atoms with Crippen LogP contribution in [0.3, 0.4) is 0 Å². The number of carbonyl (C=O) groups is 1. The van der Waals surface area contributed by atoms with E-state index in [4.69, 9.17) is 17.3 Å². The Kier molecular flexibility index (Phi) is 3.54.